The van der Waals surface area contributed by atoms with Gasteiger partial charge in [0.05, 0.1) is 0 Å². The molecule has 0 aromatic heterocycles. The van der Waals surface area contributed by atoms with Crippen LogP contribution in [0.15, 0.2) is 24.3 Å². The van der Waals surface area contributed by atoms with Crippen molar-refractivity contribution < 1.29 is 0 Å². The van der Waals surface area contributed by atoms with Gasteiger partial charge in [0, 0.05) is 6.54 Å². The van der Waals surface area contributed by atoms with Crippen LogP contribution in [0.5, 0.6) is 0 Å². The van der Waals surface area contributed by atoms with Crippen LogP contribution in [0, 0.1) is 13.0 Å². The molecule has 1 heteroatoms. The summed E-state index contributed by atoms with van der Waals surface area (Å²) in [6.07, 6.45) is 3.43. The summed E-state index contributed by atoms with van der Waals surface area (Å²) in [6, 6.07) is 9.30. The van der Waals surface area contributed by atoms with Gasteiger partial charge in [-0.3, -0.25) is 0 Å². The van der Waals surface area contributed by atoms with Crippen LogP contribution in [-0.2, 0) is 0 Å². The lowest BCUT2D eigenvalue weighted by Crippen LogP contribution is -2.20. The van der Waals surface area contributed by atoms with E-state index in [-0.39, 0.29) is 0 Å². The van der Waals surface area contributed by atoms with Crippen LogP contribution in [0.25, 0.3) is 5.57 Å². The van der Waals surface area contributed by atoms with E-state index >= 15 is 0 Å². The average Bonchev–Trinajstić information content (AvgIpc) is 2.20. The minimum atomic E-state index is 1.01. The van der Waals surface area contributed by atoms with E-state index in [1.54, 1.807) is 0 Å². The first-order valence-corrected chi connectivity index (χ1v) is 4.75. The average molecular weight is 172 g/mol. The lowest BCUT2D eigenvalue weighted by atomic mass is 9.96. The number of hydrogen-bond acceptors (Lipinski definition) is 1. The van der Waals surface area contributed by atoms with Crippen molar-refractivity contribution in [2.24, 2.45) is 0 Å². The molecule has 0 aliphatic carbocycles. The summed E-state index contributed by atoms with van der Waals surface area (Å²) in [6.45, 7) is 4.26. The second kappa shape index (κ2) is 3.75. The van der Waals surface area contributed by atoms with Crippen LogP contribution < -0.4 is 5.32 Å². The Morgan fingerprint density at radius 3 is 3.08 bits per heavy atom. The van der Waals surface area contributed by atoms with Gasteiger partial charge in [0.15, 0.2) is 0 Å². The standard InChI is InChI=1S/C12H14N/c1-10-4-2-3-5-12(10)11-6-8-13-9-7-11/h3-6,13H,7-9H2,1H3. The van der Waals surface area contributed by atoms with Gasteiger partial charge in [-0.15, -0.1) is 0 Å². The largest absolute Gasteiger partial charge is 0.313 e. The van der Waals surface area contributed by atoms with Gasteiger partial charge in [-0.2, -0.15) is 0 Å². The van der Waals surface area contributed by atoms with Gasteiger partial charge < -0.3 is 5.32 Å². The normalized spacial score (nSPS) is 16.8. The first-order valence-electron chi connectivity index (χ1n) is 4.75. The summed E-state index contributed by atoms with van der Waals surface area (Å²) in [5.74, 6) is 0. The van der Waals surface area contributed by atoms with Gasteiger partial charge in [0.1, 0.15) is 0 Å². The van der Waals surface area contributed by atoms with Crippen LogP contribution in [0.1, 0.15) is 17.5 Å². The van der Waals surface area contributed by atoms with Crippen molar-refractivity contribution in [3.8, 4) is 0 Å². The van der Waals surface area contributed by atoms with Crippen molar-refractivity contribution in [2.45, 2.75) is 13.3 Å². The fourth-order valence-corrected chi connectivity index (χ4v) is 1.74. The molecule has 1 N–H and O–H groups in total. The van der Waals surface area contributed by atoms with Crippen LogP contribution in [-0.4, -0.2) is 13.1 Å². The first kappa shape index (κ1) is 8.52. The molecule has 1 radical (unpaired) electrons. The molecule has 1 aromatic rings. The van der Waals surface area contributed by atoms with Crippen molar-refractivity contribution in [1.29, 1.82) is 0 Å². The molecule has 1 heterocycles. The van der Waals surface area contributed by atoms with Crippen molar-refractivity contribution in [3.63, 3.8) is 0 Å². The fraction of sp³-hybridized carbons (Fsp3) is 0.333. The topological polar surface area (TPSA) is 12.0 Å². The fourth-order valence-electron chi connectivity index (χ4n) is 1.74. The SMILES string of the molecule is Cc1c[c]ccc1C1=CCNCC1. The van der Waals surface area contributed by atoms with Crippen LogP contribution in [0.4, 0.5) is 0 Å². The van der Waals surface area contributed by atoms with Crippen molar-refractivity contribution in [1.82, 2.24) is 5.32 Å². The molecule has 0 amide bonds. The highest BCUT2D eigenvalue weighted by molar-refractivity contribution is 5.68. The van der Waals surface area contributed by atoms with Crippen LogP contribution in [0.3, 0.4) is 0 Å². The Balaban J connectivity index is 2.34. The minimum absolute atomic E-state index is 1.01. The van der Waals surface area contributed by atoms with Crippen molar-refractivity contribution in [2.75, 3.05) is 13.1 Å². The van der Waals surface area contributed by atoms with E-state index in [0.717, 1.165) is 19.5 Å². The molecule has 2 rings (SSSR count). The molecule has 0 fully saturated rings. The molecule has 0 spiro atoms. The Hall–Kier alpha value is -1.08. The Morgan fingerprint density at radius 2 is 2.38 bits per heavy atom. The van der Waals surface area contributed by atoms with Crippen molar-refractivity contribution in [3.05, 3.63) is 41.5 Å². The van der Waals surface area contributed by atoms with Crippen LogP contribution >= 0.6 is 0 Å². The molecule has 13 heavy (non-hydrogen) atoms. The molecule has 0 saturated heterocycles. The quantitative estimate of drug-likeness (QED) is 0.684. The van der Waals surface area contributed by atoms with E-state index in [1.807, 2.05) is 6.07 Å². The third kappa shape index (κ3) is 1.81. The highest BCUT2D eigenvalue weighted by Gasteiger charge is 2.06. The molecular weight excluding hydrogens is 158 g/mol. The summed E-state index contributed by atoms with van der Waals surface area (Å²) in [4.78, 5) is 0. The third-order valence-electron chi connectivity index (χ3n) is 2.48. The minimum Gasteiger partial charge on any atom is -0.313 e. The maximum atomic E-state index is 3.32. The highest BCUT2D eigenvalue weighted by Crippen LogP contribution is 2.22. The maximum absolute atomic E-state index is 3.32. The van der Waals surface area contributed by atoms with Gasteiger partial charge in [-0.05, 0) is 42.7 Å². The Bertz CT molecular complexity index is 326. The number of hydrogen-bond donors (Lipinski definition) is 1. The highest BCUT2D eigenvalue weighted by atomic mass is 14.8. The molecule has 1 aliphatic heterocycles. The molecule has 1 aliphatic rings. The number of rotatable bonds is 1. The zero-order valence-electron chi connectivity index (χ0n) is 7.93. The predicted octanol–water partition coefficient (Wildman–Crippen LogP) is 2.17. The second-order valence-electron chi connectivity index (χ2n) is 3.42. The van der Waals surface area contributed by atoms with E-state index in [2.05, 4.69) is 36.5 Å². The number of benzene rings is 1. The van der Waals surface area contributed by atoms with Crippen LogP contribution in [0.2, 0.25) is 0 Å². The van der Waals surface area contributed by atoms with Gasteiger partial charge in [-0.25, -0.2) is 0 Å². The molecular formula is C12H14N. The Morgan fingerprint density at radius 1 is 1.46 bits per heavy atom. The van der Waals surface area contributed by atoms with Crippen molar-refractivity contribution >= 4 is 5.57 Å². The lowest BCUT2D eigenvalue weighted by molar-refractivity contribution is 0.738. The van der Waals surface area contributed by atoms with E-state index in [1.165, 1.54) is 16.7 Å². The predicted molar refractivity (Wildman–Crippen MR) is 55.5 cm³/mol. The zero-order valence-corrected chi connectivity index (χ0v) is 7.93. The lowest BCUT2D eigenvalue weighted by Gasteiger charge is -2.15. The third-order valence-corrected chi connectivity index (χ3v) is 2.48. The monoisotopic (exact) mass is 172 g/mol. The molecule has 67 valence electrons. The summed E-state index contributed by atoms with van der Waals surface area (Å²) >= 11 is 0. The zero-order chi connectivity index (χ0) is 9.10. The van der Waals surface area contributed by atoms with E-state index in [4.69, 9.17) is 0 Å². The molecule has 0 saturated carbocycles. The van der Waals surface area contributed by atoms with E-state index in [9.17, 15) is 0 Å². The number of aryl methyl sites for hydroxylation is 1. The summed E-state index contributed by atoms with van der Waals surface area (Å²) in [5.41, 5.74) is 4.20. The summed E-state index contributed by atoms with van der Waals surface area (Å²) in [5, 5.41) is 3.32. The summed E-state index contributed by atoms with van der Waals surface area (Å²) < 4.78 is 0. The smallest absolute Gasteiger partial charge is 0.0140 e. The molecule has 1 aromatic carbocycles. The molecule has 1 nitrogen and oxygen atoms in total. The molecule has 0 bridgehead atoms. The second-order valence-corrected chi connectivity index (χ2v) is 3.42. The Kier molecular flexibility index (Phi) is 2.46. The van der Waals surface area contributed by atoms with E-state index in [0.29, 0.717) is 0 Å². The Labute approximate surface area is 79.5 Å². The number of nitrogens with one attached hydrogen (secondary N) is 1. The van der Waals surface area contributed by atoms with E-state index < -0.39 is 0 Å². The van der Waals surface area contributed by atoms with Gasteiger partial charge >= 0.3 is 0 Å². The maximum Gasteiger partial charge on any atom is 0.0140 e. The molecule has 0 unspecified atom stereocenters. The van der Waals surface area contributed by atoms with Gasteiger partial charge in [0.2, 0.25) is 0 Å². The molecule has 0 atom stereocenters. The van der Waals surface area contributed by atoms with Gasteiger partial charge in [0.25, 0.3) is 0 Å². The first-order chi connectivity index (χ1) is 6.38. The summed E-state index contributed by atoms with van der Waals surface area (Å²) in [7, 11) is 0. The van der Waals surface area contributed by atoms with Gasteiger partial charge in [-0.1, -0.05) is 24.3 Å².